The highest BCUT2D eigenvalue weighted by molar-refractivity contribution is 6.32. The van der Waals surface area contributed by atoms with Crippen molar-refractivity contribution < 1.29 is 0 Å². The molecular formula is C13H13ClN2. The average Bonchev–Trinajstić information content (AvgIpc) is 2.30. The summed E-state index contributed by atoms with van der Waals surface area (Å²) in [6.07, 6.45) is 3.25. The van der Waals surface area contributed by atoms with Gasteiger partial charge in [0.15, 0.2) is 0 Å². The van der Waals surface area contributed by atoms with E-state index in [4.69, 9.17) is 16.9 Å². The third-order valence-electron chi connectivity index (χ3n) is 2.88. The van der Waals surface area contributed by atoms with E-state index in [2.05, 4.69) is 24.0 Å². The Morgan fingerprint density at radius 1 is 1.44 bits per heavy atom. The van der Waals surface area contributed by atoms with Crippen LogP contribution in [0.3, 0.4) is 0 Å². The van der Waals surface area contributed by atoms with Crippen molar-refractivity contribution in [3.8, 4) is 6.07 Å². The van der Waals surface area contributed by atoms with Crippen LogP contribution in [0.4, 0.5) is 5.69 Å². The van der Waals surface area contributed by atoms with Crippen molar-refractivity contribution in [2.24, 2.45) is 0 Å². The van der Waals surface area contributed by atoms with Gasteiger partial charge in [-0.1, -0.05) is 29.3 Å². The summed E-state index contributed by atoms with van der Waals surface area (Å²) < 4.78 is 0. The van der Waals surface area contributed by atoms with Gasteiger partial charge >= 0.3 is 0 Å². The molecule has 0 saturated carbocycles. The predicted octanol–water partition coefficient (Wildman–Crippen LogP) is 3.37. The number of rotatable bonds is 1. The minimum Gasteiger partial charge on any atom is -0.366 e. The number of halogens is 1. The molecule has 1 aromatic rings. The van der Waals surface area contributed by atoms with Crippen molar-refractivity contribution in [3.05, 3.63) is 40.4 Å². The van der Waals surface area contributed by atoms with Gasteiger partial charge in [-0.25, -0.2) is 0 Å². The highest BCUT2D eigenvalue weighted by Gasteiger charge is 2.15. The van der Waals surface area contributed by atoms with Gasteiger partial charge in [0.1, 0.15) is 6.07 Å². The van der Waals surface area contributed by atoms with E-state index in [0.717, 1.165) is 25.2 Å². The molecular weight excluding hydrogens is 220 g/mol. The van der Waals surface area contributed by atoms with Gasteiger partial charge in [-0.3, -0.25) is 0 Å². The lowest BCUT2D eigenvalue weighted by atomic mass is 10.1. The topological polar surface area (TPSA) is 27.0 Å². The Kier molecular flexibility index (Phi) is 3.17. The van der Waals surface area contributed by atoms with E-state index < -0.39 is 0 Å². The van der Waals surface area contributed by atoms with E-state index in [1.807, 2.05) is 12.1 Å². The van der Waals surface area contributed by atoms with Crippen molar-refractivity contribution in [2.45, 2.75) is 13.3 Å². The number of benzene rings is 1. The molecule has 3 heteroatoms. The van der Waals surface area contributed by atoms with Crippen molar-refractivity contribution in [2.75, 3.05) is 18.0 Å². The van der Waals surface area contributed by atoms with Crippen molar-refractivity contribution in [3.63, 3.8) is 0 Å². The van der Waals surface area contributed by atoms with Crippen LogP contribution in [0.2, 0.25) is 5.02 Å². The number of nitrogens with zero attached hydrogens (tertiary/aromatic N) is 2. The van der Waals surface area contributed by atoms with E-state index in [-0.39, 0.29) is 0 Å². The molecule has 0 N–H and O–H groups in total. The zero-order chi connectivity index (χ0) is 11.5. The maximum Gasteiger partial charge on any atom is 0.103 e. The summed E-state index contributed by atoms with van der Waals surface area (Å²) in [6, 6.07) is 7.79. The number of hydrogen-bond donors (Lipinski definition) is 0. The molecule has 0 saturated heterocycles. The van der Waals surface area contributed by atoms with Crippen molar-refractivity contribution in [1.29, 1.82) is 5.26 Å². The molecule has 16 heavy (non-hydrogen) atoms. The van der Waals surface area contributed by atoms with Gasteiger partial charge in [-0.2, -0.15) is 5.26 Å². The molecule has 0 aromatic heterocycles. The molecule has 1 aliphatic rings. The van der Waals surface area contributed by atoms with Crippen LogP contribution in [0.5, 0.6) is 0 Å². The Morgan fingerprint density at radius 3 is 2.88 bits per heavy atom. The van der Waals surface area contributed by atoms with Crippen LogP contribution in [-0.4, -0.2) is 13.1 Å². The first-order chi connectivity index (χ1) is 7.72. The molecule has 0 fully saturated rings. The fraction of sp³-hybridized carbons (Fsp3) is 0.308. The van der Waals surface area contributed by atoms with Crippen LogP contribution in [-0.2, 0) is 0 Å². The fourth-order valence-corrected chi connectivity index (χ4v) is 2.09. The van der Waals surface area contributed by atoms with Gasteiger partial charge in [0, 0.05) is 13.1 Å². The van der Waals surface area contributed by atoms with Crippen molar-refractivity contribution >= 4 is 17.3 Å². The highest BCUT2D eigenvalue weighted by atomic mass is 35.5. The van der Waals surface area contributed by atoms with Crippen LogP contribution < -0.4 is 4.90 Å². The Balaban J connectivity index is 2.35. The summed E-state index contributed by atoms with van der Waals surface area (Å²) in [7, 11) is 0. The zero-order valence-corrected chi connectivity index (χ0v) is 9.96. The summed E-state index contributed by atoms with van der Waals surface area (Å²) >= 11 is 6.01. The molecule has 0 bridgehead atoms. The molecule has 0 amide bonds. The largest absolute Gasteiger partial charge is 0.366 e. The van der Waals surface area contributed by atoms with Crippen molar-refractivity contribution in [1.82, 2.24) is 0 Å². The van der Waals surface area contributed by atoms with Crippen LogP contribution in [0.1, 0.15) is 18.9 Å². The standard InChI is InChI=1S/C13H13ClN2/c1-10-5-7-16(8-6-10)13-4-2-3-12(14)11(13)9-15/h2-5H,6-8H2,1H3. The first-order valence-electron chi connectivity index (χ1n) is 5.31. The lowest BCUT2D eigenvalue weighted by molar-refractivity contribution is 0.787. The smallest absolute Gasteiger partial charge is 0.103 e. The normalized spacial score (nSPS) is 15.6. The van der Waals surface area contributed by atoms with E-state index in [1.165, 1.54) is 5.57 Å². The van der Waals surface area contributed by atoms with Gasteiger partial charge in [-0.05, 0) is 25.5 Å². The molecule has 0 atom stereocenters. The van der Waals surface area contributed by atoms with Gasteiger partial charge in [0.2, 0.25) is 0 Å². The maximum atomic E-state index is 9.11. The number of hydrogen-bond acceptors (Lipinski definition) is 2. The summed E-state index contributed by atoms with van der Waals surface area (Å²) in [5.41, 5.74) is 2.94. The van der Waals surface area contributed by atoms with Gasteiger partial charge in [0.25, 0.3) is 0 Å². The van der Waals surface area contributed by atoms with Gasteiger partial charge in [0.05, 0.1) is 16.3 Å². The Labute approximate surface area is 101 Å². The summed E-state index contributed by atoms with van der Waals surface area (Å²) in [5, 5.41) is 9.64. The molecule has 0 aliphatic carbocycles. The second-order valence-electron chi connectivity index (χ2n) is 3.99. The Hall–Kier alpha value is -1.46. The Morgan fingerprint density at radius 2 is 2.25 bits per heavy atom. The molecule has 82 valence electrons. The molecule has 1 aliphatic heterocycles. The number of anilines is 1. The van der Waals surface area contributed by atoms with Gasteiger partial charge in [-0.15, -0.1) is 0 Å². The van der Waals surface area contributed by atoms with Crippen LogP contribution in [0.15, 0.2) is 29.8 Å². The monoisotopic (exact) mass is 232 g/mol. The Bertz CT molecular complexity index is 471. The first kappa shape index (κ1) is 11.0. The molecule has 2 nitrogen and oxygen atoms in total. The van der Waals surface area contributed by atoms with Crippen LogP contribution in [0, 0.1) is 11.3 Å². The SMILES string of the molecule is CC1=CCN(c2cccc(Cl)c2C#N)CC1. The number of nitriles is 1. The third-order valence-corrected chi connectivity index (χ3v) is 3.20. The minimum absolute atomic E-state index is 0.534. The van der Waals surface area contributed by atoms with E-state index in [0.29, 0.717) is 10.6 Å². The average molecular weight is 233 g/mol. The molecule has 0 unspecified atom stereocenters. The van der Waals surface area contributed by atoms with Crippen LogP contribution in [0.25, 0.3) is 0 Å². The summed E-state index contributed by atoms with van der Waals surface area (Å²) in [4.78, 5) is 2.19. The van der Waals surface area contributed by atoms with E-state index >= 15 is 0 Å². The first-order valence-corrected chi connectivity index (χ1v) is 5.69. The summed E-state index contributed by atoms with van der Waals surface area (Å²) in [5.74, 6) is 0. The van der Waals surface area contributed by atoms with Crippen LogP contribution >= 0.6 is 11.6 Å². The second kappa shape index (κ2) is 4.59. The minimum atomic E-state index is 0.534. The maximum absolute atomic E-state index is 9.11. The van der Waals surface area contributed by atoms with E-state index in [9.17, 15) is 0 Å². The second-order valence-corrected chi connectivity index (χ2v) is 4.40. The third kappa shape index (κ3) is 2.05. The molecule has 1 aromatic carbocycles. The van der Waals surface area contributed by atoms with E-state index in [1.54, 1.807) is 6.07 Å². The lowest BCUT2D eigenvalue weighted by Crippen LogP contribution is -2.28. The fourth-order valence-electron chi connectivity index (χ4n) is 1.88. The lowest BCUT2D eigenvalue weighted by Gasteiger charge is -2.28. The highest BCUT2D eigenvalue weighted by Crippen LogP contribution is 2.28. The summed E-state index contributed by atoms with van der Waals surface area (Å²) in [6.45, 7) is 3.96. The quantitative estimate of drug-likeness (QED) is 0.695. The van der Waals surface area contributed by atoms with Gasteiger partial charge < -0.3 is 4.90 Å². The molecule has 0 radical (unpaired) electrons. The predicted molar refractivity (Wildman–Crippen MR) is 66.8 cm³/mol. The molecule has 2 rings (SSSR count). The zero-order valence-electron chi connectivity index (χ0n) is 9.20. The molecule has 1 heterocycles. The molecule has 0 spiro atoms.